The van der Waals surface area contributed by atoms with Gasteiger partial charge in [0.15, 0.2) is 10.7 Å². The Balaban J connectivity index is 1.54. The zero-order valence-corrected chi connectivity index (χ0v) is 16.3. The van der Waals surface area contributed by atoms with Gasteiger partial charge < -0.3 is 9.84 Å². The van der Waals surface area contributed by atoms with E-state index in [4.69, 9.17) is 16.1 Å². The van der Waals surface area contributed by atoms with Crippen molar-refractivity contribution in [3.05, 3.63) is 64.1 Å². The summed E-state index contributed by atoms with van der Waals surface area (Å²) in [5.74, 6) is 0.705. The van der Waals surface area contributed by atoms with E-state index in [0.717, 1.165) is 21.9 Å². The topological polar surface area (TPSA) is 72.4 Å². The van der Waals surface area contributed by atoms with Crippen LogP contribution in [0.5, 0.6) is 0 Å². The second kappa shape index (κ2) is 7.17. The second-order valence-electron chi connectivity index (χ2n) is 6.43. The van der Waals surface area contributed by atoms with Gasteiger partial charge in [0.2, 0.25) is 0 Å². The fourth-order valence-electron chi connectivity index (χ4n) is 2.69. The standard InChI is InChI=1S/C19H17ClN4O2S/c1-11(2)15-7-12(26-23-15)8-21-18(25)17-10-27-19-22-16(9-24(17)19)13-5-3-4-6-14(13)20/h3-7,9-11H,8H2,1-2H3,(H,21,25). The molecule has 0 aliphatic heterocycles. The Morgan fingerprint density at radius 2 is 2.19 bits per heavy atom. The summed E-state index contributed by atoms with van der Waals surface area (Å²) in [5.41, 5.74) is 2.96. The molecule has 6 nitrogen and oxygen atoms in total. The van der Waals surface area contributed by atoms with Gasteiger partial charge in [-0.15, -0.1) is 11.3 Å². The number of carbonyl (C=O) groups excluding carboxylic acids is 1. The first-order chi connectivity index (χ1) is 13.0. The van der Waals surface area contributed by atoms with Gasteiger partial charge in [-0.1, -0.05) is 48.8 Å². The summed E-state index contributed by atoms with van der Waals surface area (Å²) in [6, 6.07) is 9.37. The molecule has 3 aromatic heterocycles. The lowest BCUT2D eigenvalue weighted by molar-refractivity contribution is 0.0941. The van der Waals surface area contributed by atoms with Gasteiger partial charge in [0.25, 0.3) is 5.91 Å². The molecule has 0 aliphatic rings. The third-order valence-electron chi connectivity index (χ3n) is 4.18. The number of halogens is 1. The SMILES string of the molecule is CC(C)c1cc(CNC(=O)c2csc3nc(-c4ccccc4Cl)cn23)on1. The number of fused-ring (bicyclic) bond motifs is 1. The van der Waals surface area contributed by atoms with Gasteiger partial charge in [-0.05, 0) is 12.0 Å². The van der Waals surface area contributed by atoms with E-state index in [1.165, 1.54) is 11.3 Å². The number of rotatable bonds is 5. The van der Waals surface area contributed by atoms with Crippen molar-refractivity contribution in [2.45, 2.75) is 26.3 Å². The first-order valence-electron chi connectivity index (χ1n) is 8.48. The zero-order valence-electron chi connectivity index (χ0n) is 14.8. The Morgan fingerprint density at radius 1 is 1.37 bits per heavy atom. The van der Waals surface area contributed by atoms with E-state index in [0.29, 0.717) is 16.5 Å². The maximum Gasteiger partial charge on any atom is 0.269 e. The minimum absolute atomic E-state index is 0.202. The highest BCUT2D eigenvalue weighted by Crippen LogP contribution is 2.29. The number of aromatic nitrogens is 3. The predicted molar refractivity (Wildman–Crippen MR) is 105 cm³/mol. The van der Waals surface area contributed by atoms with E-state index >= 15 is 0 Å². The zero-order chi connectivity index (χ0) is 19.0. The summed E-state index contributed by atoms with van der Waals surface area (Å²) in [6.45, 7) is 4.36. The van der Waals surface area contributed by atoms with Gasteiger partial charge in [-0.2, -0.15) is 0 Å². The number of imidazole rings is 1. The van der Waals surface area contributed by atoms with Gasteiger partial charge in [0, 0.05) is 23.2 Å². The first kappa shape index (κ1) is 17.8. The lowest BCUT2D eigenvalue weighted by Gasteiger charge is -2.02. The number of nitrogens with zero attached hydrogens (tertiary/aromatic N) is 3. The quantitative estimate of drug-likeness (QED) is 0.524. The average Bonchev–Trinajstić information content (AvgIpc) is 3.35. The lowest BCUT2D eigenvalue weighted by Crippen LogP contribution is -2.23. The van der Waals surface area contributed by atoms with Crippen molar-refractivity contribution >= 4 is 33.8 Å². The normalized spacial score (nSPS) is 11.4. The summed E-state index contributed by atoms with van der Waals surface area (Å²) in [6.07, 6.45) is 1.83. The molecule has 0 spiro atoms. The number of nitrogens with one attached hydrogen (secondary N) is 1. The van der Waals surface area contributed by atoms with E-state index in [1.54, 1.807) is 9.78 Å². The Labute approximate surface area is 164 Å². The summed E-state index contributed by atoms with van der Waals surface area (Å²) >= 11 is 7.66. The molecule has 138 valence electrons. The third-order valence-corrected chi connectivity index (χ3v) is 5.35. The number of carbonyl (C=O) groups is 1. The maximum absolute atomic E-state index is 12.6. The number of hydrogen-bond donors (Lipinski definition) is 1. The fraction of sp³-hybridized carbons (Fsp3) is 0.211. The van der Waals surface area contributed by atoms with Crippen molar-refractivity contribution in [1.82, 2.24) is 19.9 Å². The van der Waals surface area contributed by atoms with Crippen LogP contribution in [-0.4, -0.2) is 20.4 Å². The van der Waals surface area contributed by atoms with Gasteiger partial charge in [0.05, 0.1) is 23.0 Å². The van der Waals surface area contributed by atoms with Crippen molar-refractivity contribution < 1.29 is 9.32 Å². The van der Waals surface area contributed by atoms with Crippen LogP contribution in [0.4, 0.5) is 0 Å². The smallest absolute Gasteiger partial charge is 0.269 e. The number of thiazole rings is 1. The summed E-state index contributed by atoms with van der Waals surface area (Å²) in [4.78, 5) is 17.9. The third kappa shape index (κ3) is 3.48. The summed E-state index contributed by atoms with van der Waals surface area (Å²) < 4.78 is 7.04. The van der Waals surface area contributed by atoms with Crippen LogP contribution in [0.2, 0.25) is 5.02 Å². The van der Waals surface area contributed by atoms with Gasteiger partial charge in [-0.25, -0.2) is 4.98 Å². The number of hydrogen-bond acceptors (Lipinski definition) is 5. The molecule has 0 saturated carbocycles. The largest absolute Gasteiger partial charge is 0.359 e. The Morgan fingerprint density at radius 3 is 2.93 bits per heavy atom. The summed E-state index contributed by atoms with van der Waals surface area (Å²) in [7, 11) is 0. The molecule has 27 heavy (non-hydrogen) atoms. The molecule has 0 radical (unpaired) electrons. The van der Waals surface area contributed by atoms with Crippen LogP contribution in [-0.2, 0) is 6.54 Å². The fourth-order valence-corrected chi connectivity index (χ4v) is 3.77. The molecular formula is C19H17ClN4O2S. The van der Waals surface area contributed by atoms with Crippen LogP contribution in [0.1, 0.15) is 41.7 Å². The van der Waals surface area contributed by atoms with Crippen LogP contribution in [0.25, 0.3) is 16.2 Å². The lowest BCUT2D eigenvalue weighted by atomic mass is 10.1. The molecule has 0 unspecified atom stereocenters. The minimum Gasteiger partial charge on any atom is -0.359 e. The van der Waals surface area contributed by atoms with E-state index < -0.39 is 0 Å². The highest BCUT2D eigenvalue weighted by molar-refractivity contribution is 7.15. The van der Waals surface area contributed by atoms with Gasteiger partial charge in [0.1, 0.15) is 5.69 Å². The molecule has 0 atom stereocenters. The van der Waals surface area contributed by atoms with Crippen LogP contribution < -0.4 is 5.32 Å². The number of benzene rings is 1. The molecule has 0 aliphatic carbocycles. The molecular weight excluding hydrogens is 384 g/mol. The maximum atomic E-state index is 12.6. The van der Waals surface area contributed by atoms with Crippen LogP contribution >= 0.6 is 22.9 Å². The van der Waals surface area contributed by atoms with Gasteiger partial charge in [-0.3, -0.25) is 9.20 Å². The van der Waals surface area contributed by atoms with Crippen molar-refractivity contribution in [2.24, 2.45) is 0 Å². The van der Waals surface area contributed by atoms with Crippen LogP contribution in [0.15, 0.2) is 46.4 Å². The van der Waals surface area contributed by atoms with Crippen molar-refractivity contribution in [3.63, 3.8) is 0 Å². The Kier molecular flexibility index (Phi) is 4.72. The van der Waals surface area contributed by atoms with E-state index in [-0.39, 0.29) is 18.4 Å². The number of amides is 1. The molecule has 4 aromatic rings. The molecule has 0 saturated heterocycles. The van der Waals surface area contributed by atoms with Crippen LogP contribution in [0, 0.1) is 0 Å². The van der Waals surface area contributed by atoms with Gasteiger partial charge >= 0.3 is 0 Å². The Hall–Kier alpha value is -2.64. The monoisotopic (exact) mass is 400 g/mol. The average molecular weight is 401 g/mol. The first-order valence-corrected chi connectivity index (χ1v) is 9.74. The van der Waals surface area contributed by atoms with Crippen molar-refractivity contribution in [3.8, 4) is 11.3 Å². The summed E-state index contributed by atoms with van der Waals surface area (Å²) in [5, 5.41) is 9.28. The highest BCUT2D eigenvalue weighted by Gasteiger charge is 2.17. The van der Waals surface area contributed by atoms with Crippen molar-refractivity contribution in [1.29, 1.82) is 0 Å². The van der Waals surface area contributed by atoms with E-state index in [9.17, 15) is 4.79 Å². The molecule has 3 heterocycles. The van der Waals surface area contributed by atoms with Crippen LogP contribution in [0.3, 0.4) is 0 Å². The van der Waals surface area contributed by atoms with E-state index in [2.05, 4.69) is 15.5 Å². The molecule has 0 bridgehead atoms. The molecule has 8 heteroatoms. The van der Waals surface area contributed by atoms with Crippen molar-refractivity contribution in [2.75, 3.05) is 0 Å². The molecule has 0 fully saturated rings. The molecule has 1 amide bonds. The second-order valence-corrected chi connectivity index (χ2v) is 7.68. The van der Waals surface area contributed by atoms with E-state index in [1.807, 2.05) is 50.4 Å². The highest BCUT2D eigenvalue weighted by atomic mass is 35.5. The predicted octanol–water partition coefficient (Wildman–Crippen LogP) is 4.76. The molecule has 1 N–H and O–H groups in total. The molecule has 4 rings (SSSR count). The Bertz CT molecular complexity index is 1110. The minimum atomic E-state index is -0.202. The molecule has 1 aromatic carbocycles.